The molecule has 2 aromatic rings. The van der Waals surface area contributed by atoms with Crippen molar-refractivity contribution in [2.75, 3.05) is 19.7 Å². The summed E-state index contributed by atoms with van der Waals surface area (Å²) in [6.07, 6.45) is 5.38. The van der Waals surface area contributed by atoms with Gasteiger partial charge in [0.25, 0.3) is 0 Å². The number of benzene rings is 1. The molecule has 0 fully saturated rings. The molecule has 0 amide bonds. The molecule has 0 saturated heterocycles. The zero-order valence-electron chi connectivity index (χ0n) is 13.1. The molecule has 0 spiro atoms. The minimum absolute atomic E-state index is 0. The van der Waals surface area contributed by atoms with Gasteiger partial charge in [-0.25, -0.2) is 4.98 Å². The minimum Gasteiger partial charge on any atom is -0.375 e. The molecule has 0 bridgehead atoms. The Morgan fingerprint density at radius 2 is 2.13 bits per heavy atom. The van der Waals surface area contributed by atoms with Crippen molar-refractivity contribution in [2.24, 2.45) is 10.7 Å². The van der Waals surface area contributed by atoms with Crippen LogP contribution in [0.4, 0.5) is 0 Å². The molecule has 0 aliphatic heterocycles. The van der Waals surface area contributed by atoms with Crippen LogP contribution in [0.3, 0.4) is 0 Å². The number of H-pyrrole nitrogens is 1. The maximum Gasteiger partial charge on any atom is 0.188 e. The third-order valence-electron chi connectivity index (χ3n) is 3.11. The molecule has 23 heavy (non-hydrogen) atoms. The summed E-state index contributed by atoms with van der Waals surface area (Å²) in [4.78, 5) is 11.3. The number of imidazole rings is 1. The lowest BCUT2D eigenvalue weighted by Crippen LogP contribution is -2.34. The third kappa shape index (κ3) is 8.56. The van der Waals surface area contributed by atoms with E-state index in [9.17, 15) is 0 Å². The van der Waals surface area contributed by atoms with Crippen molar-refractivity contribution in [3.63, 3.8) is 0 Å². The maximum atomic E-state index is 5.79. The highest BCUT2D eigenvalue weighted by molar-refractivity contribution is 14.0. The summed E-state index contributed by atoms with van der Waals surface area (Å²) < 4.78 is 5.56. The Bertz CT molecular complexity index is 545. The second-order valence-corrected chi connectivity index (χ2v) is 4.91. The molecule has 1 heterocycles. The first-order valence-electron chi connectivity index (χ1n) is 7.47. The van der Waals surface area contributed by atoms with E-state index in [0.29, 0.717) is 32.3 Å². The smallest absolute Gasteiger partial charge is 0.188 e. The first kappa shape index (κ1) is 19.4. The molecule has 6 nitrogen and oxygen atoms in total. The number of nitrogens with zero attached hydrogens (tertiary/aromatic N) is 2. The topological polar surface area (TPSA) is 88.3 Å². The van der Waals surface area contributed by atoms with Gasteiger partial charge in [-0.05, 0) is 18.4 Å². The van der Waals surface area contributed by atoms with Crippen molar-refractivity contribution in [1.29, 1.82) is 0 Å². The van der Waals surface area contributed by atoms with Gasteiger partial charge in [0.15, 0.2) is 5.96 Å². The van der Waals surface area contributed by atoms with E-state index in [1.165, 1.54) is 5.56 Å². The summed E-state index contributed by atoms with van der Waals surface area (Å²) in [5, 5.41) is 3.05. The molecular weight excluding hydrogens is 405 g/mol. The van der Waals surface area contributed by atoms with Crippen LogP contribution in [-0.4, -0.2) is 35.6 Å². The molecule has 2 rings (SSSR count). The number of halogens is 1. The molecule has 0 aliphatic carbocycles. The third-order valence-corrected chi connectivity index (χ3v) is 3.11. The van der Waals surface area contributed by atoms with Crippen LogP contribution in [0.2, 0.25) is 0 Å². The predicted octanol–water partition coefficient (Wildman–Crippen LogP) is 2.08. The van der Waals surface area contributed by atoms with Crippen molar-refractivity contribution < 1.29 is 4.74 Å². The maximum absolute atomic E-state index is 5.79. The van der Waals surface area contributed by atoms with E-state index in [1.54, 1.807) is 6.33 Å². The highest BCUT2D eigenvalue weighted by atomic mass is 127. The van der Waals surface area contributed by atoms with Gasteiger partial charge in [-0.15, -0.1) is 24.0 Å². The van der Waals surface area contributed by atoms with Gasteiger partial charge in [0.2, 0.25) is 0 Å². The Morgan fingerprint density at radius 1 is 1.30 bits per heavy atom. The number of aliphatic imine (C=N–C) groups is 1. The van der Waals surface area contributed by atoms with Crippen molar-refractivity contribution in [2.45, 2.75) is 19.4 Å². The van der Waals surface area contributed by atoms with E-state index >= 15 is 0 Å². The Morgan fingerprint density at radius 3 is 2.87 bits per heavy atom. The number of guanidine groups is 1. The average Bonchev–Trinajstić information content (AvgIpc) is 3.06. The second kappa shape index (κ2) is 11.9. The van der Waals surface area contributed by atoms with Crippen LogP contribution in [0.5, 0.6) is 0 Å². The van der Waals surface area contributed by atoms with Crippen molar-refractivity contribution >= 4 is 29.9 Å². The van der Waals surface area contributed by atoms with E-state index in [2.05, 4.69) is 20.3 Å². The van der Waals surface area contributed by atoms with Crippen LogP contribution < -0.4 is 11.1 Å². The van der Waals surface area contributed by atoms with E-state index in [1.807, 2.05) is 36.5 Å². The Kier molecular flexibility index (Phi) is 10.0. The van der Waals surface area contributed by atoms with Gasteiger partial charge in [0.05, 0.1) is 19.5 Å². The highest BCUT2D eigenvalue weighted by Gasteiger charge is 1.95. The van der Waals surface area contributed by atoms with Gasteiger partial charge in [-0.2, -0.15) is 0 Å². The Hall–Kier alpha value is -1.61. The number of hydrogen-bond acceptors (Lipinski definition) is 3. The SMILES string of the molecule is I.NC(=NCCCc1cnc[nH]1)NCCOCc1ccccc1. The van der Waals surface area contributed by atoms with Crippen molar-refractivity contribution in [3.05, 3.63) is 54.1 Å². The first-order valence-corrected chi connectivity index (χ1v) is 7.47. The Balaban J connectivity index is 0.00000264. The van der Waals surface area contributed by atoms with Crippen LogP contribution in [0.1, 0.15) is 17.7 Å². The number of nitrogens with one attached hydrogen (secondary N) is 2. The molecule has 7 heteroatoms. The summed E-state index contributed by atoms with van der Waals surface area (Å²) in [6.45, 7) is 2.56. The van der Waals surface area contributed by atoms with Crippen LogP contribution in [0, 0.1) is 0 Å². The first-order chi connectivity index (χ1) is 10.8. The fourth-order valence-electron chi connectivity index (χ4n) is 1.96. The summed E-state index contributed by atoms with van der Waals surface area (Å²) in [6, 6.07) is 10.1. The molecule has 0 aliphatic rings. The molecule has 0 saturated carbocycles. The number of nitrogens with two attached hydrogens (primary N) is 1. The lowest BCUT2D eigenvalue weighted by Gasteiger charge is -2.07. The zero-order valence-corrected chi connectivity index (χ0v) is 15.4. The molecule has 4 N–H and O–H groups in total. The normalized spacial score (nSPS) is 11.0. The van der Waals surface area contributed by atoms with Gasteiger partial charge in [0.1, 0.15) is 0 Å². The van der Waals surface area contributed by atoms with Crippen LogP contribution in [-0.2, 0) is 17.8 Å². The molecule has 0 unspecified atom stereocenters. The molecule has 0 atom stereocenters. The lowest BCUT2D eigenvalue weighted by atomic mass is 10.2. The zero-order chi connectivity index (χ0) is 15.5. The number of aromatic nitrogens is 2. The average molecular weight is 429 g/mol. The number of hydrogen-bond donors (Lipinski definition) is 3. The molecule has 0 radical (unpaired) electrons. The van der Waals surface area contributed by atoms with Crippen molar-refractivity contribution in [3.8, 4) is 0 Å². The van der Waals surface area contributed by atoms with E-state index in [0.717, 1.165) is 18.5 Å². The lowest BCUT2D eigenvalue weighted by molar-refractivity contribution is 0.125. The van der Waals surface area contributed by atoms with E-state index < -0.39 is 0 Å². The minimum atomic E-state index is 0. The monoisotopic (exact) mass is 429 g/mol. The van der Waals surface area contributed by atoms with Crippen LogP contribution in [0.25, 0.3) is 0 Å². The molecular formula is C16H24IN5O. The Labute approximate surface area is 154 Å². The number of rotatable bonds is 9. The van der Waals surface area contributed by atoms with Gasteiger partial charge in [-0.1, -0.05) is 30.3 Å². The van der Waals surface area contributed by atoms with Gasteiger partial charge in [0, 0.05) is 25.0 Å². The second-order valence-electron chi connectivity index (χ2n) is 4.91. The fraction of sp³-hybridized carbons (Fsp3) is 0.375. The quantitative estimate of drug-likeness (QED) is 0.247. The molecule has 1 aromatic heterocycles. The van der Waals surface area contributed by atoms with Crippen LogP contribution in [0.15, 0.2) is 47.8 Å². The summed E-state index contributed by atoms with van der Waals surface area (Å²) >= 11 is 0. The van der Waals surface area contributed by atoms with Gasteiger partial charge in [-0.3, -0.25) is 4.99 Å². The largest absolute Gasteiger partial charge is 0.375 e. The van der Waals surface area contributed by atoms with E-state index in [4.69, 9.17) is 10.5 Å². The molecule has 1 aromatic carbocycles. The summed E-state index contributed by atoms with van der Waals surface area (Å²) in [5.41, 5.74) is 8.08. The number of ether oxygens (including phenoxy) is 1. The van der Waals surface area contributed by atoms with Crippen molar-refractivity contribution in [1.82, 2.24) is 15.3 Å². The molecule has 126 valence electrons. The fourth-order valence-corrected chi connectivity index (χ4v) is 1.96. The predicted molar refractivity (Wildman–Crippen MR) is 103 cm³/mol. The number of aromatic amines is 1. The van der Waals surface area contributed by atoms with Gasteiger partial charge >= 0.3 is 0 Å². The standard InChI is InChI=1S/C16H23N5O.HI/c17-16(19-8-4-7-15-11-18-13-21-15)20-9-10-22-12-14-5-2-1-3-6-14;/h1-3,5-6,11,13H,4,7-10,12H2,(H,18,21)(H3,17,19,20);1H. The summed E-state index contributed by atoms with van der Waals surface area (Å²) in [7, 11) is 0. The number of aryl methyl sites for hydroxylation is 1. The van der Waals surface area contributed by atoms with Crippen LogP contribution >= 0.6 is 24.0 Å². The summed E-state index contributed by atoms with van der Waals surface area (Å²) in [5.74, 6) is 0.466. The van der Waals surface area contributed by atoms with E-state index in [-0.39, 0.29) is 24.0 Å². The highest BCUT2D eigenvalue weighted by Crippen LogP contribution is 1.99. The van der Waals surface area contributed by atoms with Gasteiger partial charge < -0.3 is 20.8 Å².